The van der Waals surface area contributed by atoms with Crippen LogP contribution < -0.4 is 10.1 Å². The van der Waals surface area contributed by atoms with E-state index >= 15 is 0 Å². The zero-order chi connectivity index (χ0) is 17.9. The summed E-state index contributed by atoms with van der Waals surface area (Å²) >= 11 is 1.60. The quantitative estimate of drug-likeness (QED) is 0.759. The van der Waals surface area contributed by atoms with Gasteiger partial charge in [-0.2, -0.15) is 0 Å². The van der Waals surface area contributed by atoms with E-state index in [0.29, 0.717) is 25.1 Å². The highest BCUT2D eigenvalue weighted by atomic mass is 35.5. The third kappa shape index (κ3) is 4.98. The summed E-state index contributed by atoms with van der Waals surface area (Å²) in [4.78, 5) is 19.7. The Morgan fingerprint density at radius 2 is 1.96 bits per heavy atom. The second-order valence-corrected chi connectivity index (χ2v) is 7.82. The number of halogens is 2. The minimum Gasteiger partial charge on any atom is -0.494 e. The fourth-order valence-electron chi connectivity index (χ4n) is 4.02. The highest BCUT2D eigenvalue weighted by Gasteiger charge is 2.37. The second kappa shape index (κ2) is 10.4. The summed E-state index contributed by atoms with van der Waals surface area (Å²) in [7, 11) is 0. The molecule has 0 aliphatic carbocycles. The maximum Gasteiger partial charge on any atom is 0.229 e. The SMILES string of the molecule is CCOc1ccc(-c2nc(CC(=O)N3C4CCNCC3CC4)cs2)cc1.Cl.Cl. The number of aromatic nitrogens is 1. The summed E-state index contributed by atoms with van der Waals surface area (Å²) < 4.78 is 5.49. The van der Waals surface area contributed by atoms with Crippen molar-refractivity contribution in [3.63, 3.8) is 0 Å². The molecular weight excluding hydrogens is 417 g/mol. The average molecular weight is 444 g/mol. The van der Waals surface area contributed by atoms with E-state index in [-0.39, 0.29) is 30.7 Å². The lowest BCUT2D eigenvalue weighted by molar-refractivity contribution is -0.133. The fraction of sp³-hybridized carbons (Fsp3) is 0.500. The highest BCUT2D eigenvalue weighted by molar-refractivity contribution is 7.13. The van der Waals surface area contributed by atoms with Crippen molar-refractivity contribution in [2.24, 2.45) is 0 Å². The molecule has 5 nitrogen and oxygen atoms in total. The second-order valence-electron chi connectivity index (χ2n) is 6.96. The van der Waals surface area contributed by atoms with Crippen LogP contribution in [-0.4, -0.2) is 47.6 Å². The van der Waals surface area contributed by atoms with Crippen LogP contribution in [-0.2, 0) is 11.2 Å². The standard InChI is InChI=1S/C20H25N3O2S.2ClH/c1-2-25-18-7-3-14(4-8-18)20-22-15(13-26-20)11-19(24)23-16-5-6-17(23)12-21-10-9-16;;/h3-4,7-8,13,16-17,21H,2,5-6,9-12H2,1H3;2*1H. The van der Waals surface area contributed by atoms with Gasteiger partial charge in [-0.15, -0.1) is 36.2 Å². The van der Waals surface area contributed by atoms with Crippen LogP contribution >= 0.6 is 36.2 Å². The highest BCUT2D eigenvalue weighted by Crippen LogP contribution is 2.30. The maximum absolute atomic E-state index is 12.9. The van der Waals surface area contributed by atoms with Crippen LogP contribution in [0.15, 0.2) is 29.6 Å². The van der Waals surface area contributed by atoms with Crippen LogP contribution in [0.3, 0.4) is 0 Å². The van der Waals surface area contributed by atoms with Crippen LogP contribution in [0.1, 0.15) is 31.9 Å². The normalized spacial score (nSPS) is 20.7. The van der Waals surface area contributed by atoms with E-state index in [2.05, 4.69) is 10.2 Å². The average Bonchev–Trinajstić information content (AvgIpc) is 3.19. The third-order valence-electron chi connectivity index (χ3n) is 5.24. The molecule has 0 saturated carbocycles. The van der Waals surface area contributed by atoms with Crippen molar-refractivity contribution in [2.75, 3.05) is 19.7 Å². The van der Waals surface area contributed by atoms with Gasteiger partial charge in [0.05, 0.1) is 18.7 Å². The van der Waals surface area contributed by atoms with Gasteiger partial charge in [0, 0.05) is 29.6 Å². The molecule has 1 aromatic heterocycles. The lowest BCUT2D eigenvalue weighted by Gasteiger charge is -2.27. The molecule has 2 aliphatic heterocycles. The number of hydrogen-bond acceptors (Lipinski definition) is 5. The molecule has 28 heavy (non-hydrogen) atoms. The fourth-order valence-corrected chi connectivity index (χ4v) is 4.84. The Morgan fingerprint density at radius 3 is 2.71 bits per heavy atom. The number of hydrogen-bond donors (Lipinski definition) is 1. The summed E-state index contributed by atoms with van der Waals surface area (Å²) in [6.07, 6.45) is 3.74. The Bertz CT molecular complexity index is 755. The first kappa shape index (κ1) is 22.9. The van der Waals surface area contributed by atoms with Gasteiger partial charge in [-0.3, -0.25) is 4.79 Å². The molecule has 2 atom stereocenters. The molecule has 2 unspecified atom stereocenters. The molecule has 2 aliphatic rings. The number of carbonyl (C=O) groups excluding carboxylic acids is 1. The van der Waals surface area contributed by atoms with Gasteiger partial charge < -0.3 is 15.0 Å². The molecule has 8 heteroatoms. The van der Waals surface area contributed by atoms with E-state index in [1.807, 2.05) is 36.6 Å². The zero-order valence-electron chi connectivity index (χ0n) is 15.9. The predicted molar refractivity (Wildman–Crippen MR) is 118 cm³/mol. The molecular formula is C20H27Cl2N3O2S. The number of rotatable bonds is 5. The molecule has 2 fully saturated rings. The number of benzene rings is 1. The smallest absolute Gasteiger partial charge is 0.229 e. The van der Waals surface area contributed by atoms with Gasteiger partial charge in [0.15, 0.2) is 0 Å². The minimum atomic E-state index is 0. The summed E-state index contributed by atoms with van der Waals surface area (Å²) in [5, 5.41) is 6.42. The number of ether oxygens (including phenoxy) is 1. The molecule has 1 N–H and O–H groups in total. The lowest BCUT2D eigenvalue weighted by Crippen LogP contribution is -2.43. The van der Waals surface area contributed by atoms with Gasteiger partial charge >= 0.3 is 0 Å². The molecule has 1 aromatic carbocycles. The third-order valence-corrected chi connectivity index (χ3v) is 6.18. The predicted octanol–water partition coefficient (Wildman–Crippen LogP) is 3.95. The van der Waals surface area contributed by atoms with Gasteiger partial charge in [-0.25, -0.2) is 4.98 Å². The number of carbonyl (C=O) groups is 1. The van der Waals surface area contributed by atoms with E-state index in [9.17, 15) is 4.79 Å². The Balaban J connectivity index is 0.00000140. The molecule has 3 heterocycles. The van der Waals surface area contributed by atoms with Crippen molar-refractivity contribution in [2.45, 2.75) is 44.7 Å². The van der Waals surface area contributed by atoms with Gasteiger partial charge in [-0.05, 0) is 57.0 Å². The number of fused-ring (bicyclic) bond motifs is 2. The first-order valence-electron chi connectivity index (χ1n) is 9.44. The Labute approximate surface area is 182 Å². The van der Waals surface area contributed by atoms with E-state index in [1.165, 1.54) is 0 Å². The van der Waals surface area contributed by atoms with Gasteiger partial charge in [0.25, 0.3) is 0 Å². The number of amides is 1. The van der Waals surface area contributed by atoms with Gasteiger partial charge in [0.2, 0.25) is 5.91 Å². The summed E-state index contributed by atoms with van der Waals surface area (Å²) in [6.45, 7) is 4.59. The first-order valence-corrected chi connectivity index (χ1v) is 10.3. The molecule has 154 valence electrons. The van der Waals surface area contributed by atoms with Crippen molar-refractivity contribution in [3.05, 3.63) is 35.3 Å². The van der Waals surface area contributed by atoms with E-state index < -0.39 is 0 Å². The molecule has 0 radical (unpaired) electrons. The number of nitrogens with one attached hydrogen (secondary N) is 1. The van der Waals surface area contributed by atoms with Crippen molar-refractivity contribution in [3.8, 4) is 16.3 Å². The largest absolute Gasteiger partial charge is 0.494 e. The molecule has 0 spiro atoms. The van der Waals surface area contributed by atoms with E-state index in [0.717, 1.165) is 54.4 Å². The molecule has 2 aromatic rings. The van der Waals surface area contributed by atoms with Crippen LogP contribution in [0.2, 0.25) is 0 Å². The van der Waals surface area contributed by atoms with Crippen LogP contribution in [0, 0.1) is 0 Å². The maximum atomic E-state index is 12.9. The first-order chi connectivity index (χ1) is 12.7. The Kier molecular flexibility index (Phi) is 8.56. The summed E-state index contributed by atoms with van der Waals surface area (Å²) in [6, 6.07) is 8.75. The number of thiazole rings is 1. The van der Waals surface area contributed by atoms with Crippen molar-refractivity contribution in [1.82, 2.24) is 15.2 Å². The molecule has 1 amide bonds. The lowest BCUT2D eigenvalue weighted by atomic mass is 10.1. The van der Waals surface area contributed by atoms with Crippen molar-refractivity contribution in [1.29, 1.82) is 0 Å². The van der Waals surface area contributed by atoms with Crippen LogP contribution in [0.5, 0.6) is 5.75 Å². The monoisotopic (exact) mass is 443 g/mol. The Morgan fingerprint density at radius 1 is 1.21 bits per heavy atom. The minimum absolute atomic E-state index is 0. The molecule has 4 rings (SSSR count). The van der Waals surface area contributed by atoms with Crippen molar-refractivity contribution >= 4 is 42.1 Å². The van der Waals surface area contributed by atoms with Crippen molar-refractivity contribution < 1.29 is 9.53 Å². The van der Waals surface area contributed by atoms with Crippen LogP contribution in [0.25, 0.3) is 10.6 Å². The summed E-state index contributed by atoms with van der Waals surface area (Å²) in [5.41, 5.74) is 1.94. The van der Waals surface area contributed by atoms with Gasteiger partial charge in [-0.1, -0.05) is 0 Å². The Hall–Kier alpha value is -1.34. The van der Waals surface area contributed by atoms with E-state index in [1.54, 1.807) is 11.3 Å². The number of nitrogens with zero attached hydrogens (tertiary/aromatic N) is 2. The zero-order valence-corrected chi connectivity index (χ0v) is 18.4. The molecule has 2 bridgehead atoms. The van der Waals surface area contributed by atoms with Gasteiger partial charge in [0.1, 0.15) is 10.8 Å². The molecule has 2 saturated heterocycles. The van der Waals surface area contributed by atoms with Crippen LogP contribution in [0.4, 0.5) is 0 Å². The van der Waals surface area contributed by atoms with E-state index in [4.69, 9.17) is 9.72 Å². The topological polar surface area (TPSA) is 54.5 Å². The summed E-state index contributed by atoms with van der Waals surface area (Å²) in [5.74, 6) is 1.10.